The van der Waals surface area contributed by atoms with Crippen LogP contribution in [0.25, 0.3) is 0 Å². The van der Waals surface area contributed by atoms with Crippen molar-refractivity contribution in [3.63, 3.8) is 0 Å². The van der Waals surface area contributed by atoms with Crippen LogP contribution in [0.1, 0.15) is 25.3 Å². The number of benzene rings is 1. The number of hydrogen-bond acceptors (Lipinski definition) is 3. The summed E-state index contributed by atoms with van der Waals surface area (Å²) in [5.74, 6) is 0. The molecule has 0 amide bonds. The minimum absolute atomic E-state index is 0.382. The lowest BCUT2D eigenvalue weighted by molar-refractivity contribution is 0.437. The third-order valence-electron chi connectivity index (χ3n) is 3.34. The molecule has 0 atom stereocenters. The summed E-state index contributed by atoms with van der Waals surface area (Å²) in [6.07, 6.45) is 5.81. The van der Waals surface area contributed by atoms with Crippen LogP contribution >= 0.6 is 0 Å². The van der Waals surface area contributed by atoms with Crippen LogP contribution in [0.3, 0.4) is 0 Å². The van der Waals surface area contributed by atoms with Crippen molar-refractivity contribution >= 4 is 10.0 Å². The van der Waals surface area contributed by atoms with Gasteiger partial charge in [-0.15, -0.1) is 0 Å². The molecule has 0 fully saturated rings. The van der Waals surface area contributed by atoms with Crippen LogP contribution in [-0.2, 0) is 16.6 Å². The van der Waals surface area contributed by atoms with E-state index in [-0.39, 0.29) is 0 Å². The van der Waals surface area contributed by atoms with E-state index in [1.807, 2.05) is 24.3 Å². The summed E-state index contributed by atoms with van der Waals surface area (Å²) in [6.45, 7) is 4.91. The molecular weight excluding hydrogens is 272 g/mol. The molecule has 20 heavy (non-hydrogen) atoms. The molecule has 0 saturated heterocycles. The third-order valence-corrected chi connectivity index (χ3v) is 5.22. The number of rotatable bonds is 6. The van der Waals surface area contributed by atoms with E-state index >= 15 is 0 Å². The number of nitrogens with zero attached hydrogens (tertiary/aromatic N) is 1. The molecule has 1 aliphatic heterocycles. The Labute approximate surface area is 121 Å². The van der Waals surface area contributed by atoms with Crippen LogP contribution in [0, 0.1) is 0 Å². The first-order valence-corrected chi connectivity index (χ1v) is 8.53. The molecule has 0 radical (unpaired) electrons. The lowest BCUT2D eigenvalue weighted by Crippen LogP contribution is -2.33. The van der Waals surface area contributed by atoms with Crippen molar-refractivity contribution in [1.82, 2.24) is 9.62 Å². The Morgan fingerprint density at radius 3 is 2.55 bits per heavy atom. The van der Waals surface area contributed by atoms with Crippen molar-refractivity contribution in [1.29, 1.82) is 0 Å². The standard InChI is InChI=1S/C15H22N2O2S/c1-2-10-16-13-14-6-8-15(9-7-14)20(18,19)17-11-4-3-5-12-17/h3-4,6-9,16H,2,5,10-13H2,1H3. The molecule has 0 saturated carbocycles. The molecule has 0 bridgehead atoms. The lowest BCUT2D eigenvalue weighted by atomic mass is 10.2. The second-order valence-electron chi connectivity index (χ2n) is 4.94. The first kappa shape index (κ1) is 15.2. The molecule has 1 aliphatic rings. The van der Waals surface area contributed by atoms with Gasteiger partial charge in [0.1, 0.15) is 0 Å². The van der Waals surface area contributed by atoms with Crippen LogP contribution in [0.2, 0.25) is 0 Å². The fourth-order valence-corrected chi connectivity index (χ4v) is 3.58. The van der Waals surface area contributed by atoms with Crippen molar-refractivity contribution in [2.75, 3.05) is 19.6 Å². The van der Waals surface area contributed by atoms with Crippen molar-refractivity contribution in [2.45, 2.75) is 31.2 Å². The summed E-state index contributed by atoms with van der Waals surface area (Å²) < 4.78 is 26.4. The van der Waals surface area contributed by atoms with E-state index in [4.69, 9.17) is 0 Å². The molecule has 0 aliphatic carbocycles. The molecule has 0 unspecified atom stereocenters. The van der Waals surface area contributed by atoms with Gasteiger partial charge in [0.05, 0.1) is 4.90 Å². The quantitative estimate of drug-likeness (QED) is 0.646. The highest BCUT2D eigenvalue weighted by atomic mass is 32.2. The van der Waals surface area contributed by atoms with Crippen LogP contribution in [0.15, 0.2) is 41.3 Å². The van der Waals surface area contributed by atoms with Crippen molar-refractivity contribution in [3.8, 4) is 0 Å². The molecule has 1 N–H and O–H groups in total. The van der Waals surface area contributed by atoms with Gasteiger partial charge in [0, 0.05) is 19.6 Å². The molecule has 0 spiro atoms. The maximum atomic E-state index is 12.4. The van der Waals surface area contributed by atoms with E-state index in [0.29, 0.717) is 18.0 Å². The van der Waals surface area contributed by atoms with Gasteiger partial charge in [-0.3, -0.25) is 0 Å². The predicted molar refractivity (Wildman–Crippen MR) is 81.0 cm³/mol. The minimum atomic E-state index is -3.34. The van der Waals surface area contributed by atoms with Gasteiger partial charge in [0.25, 0.3) is 0 Å². The Morgan fingerprint density at radius 1 is 1.20 bits per heavy atom. The predicted octanol–water partition coefficient (Wildman–Crippen LogP) is 2.14. The molecule has 1 heterocycles. The zero-order chi connectivity index (χ0) is 14.4. The molecular formula is C15H22N2O2S. The Hall–Kier alpha value is -1.17. The monoisotopic (exact) mass is 294 g/mol. The number of hydrogen-bond donors (Lipinski definition) is 1. The summed E-state index contributed by atoms with van der Waals surface area (Å²) in [5.41, 5.74) is 1.11. The van der Waals surface area contributed by atoms with Gasteiger partial charge in [-0.25, -0.2) is 8.42 Å². The Bertz CT molecular complexity index is 550. The summed E-state index contributed by atoms with van der Waals surface area (Å²) in [7, 11) is -3.34. The average molecular weight is 294 g/mol. The first-order valence-electron chi connectivity index (χ1n) is 7.09. The highest BCUT2D eigenvalue weighted by Crippen LogP contribution is 2.18. The van der Waals surface area contributed by atoms with Crippen molar-refractivity contribution in [3.05, 3.63) is 42.0 Å². The maximum absolute atomic E-state index is 12.4. The fourth-order valence-electron chi connectivity index (χ4n) is 2.18. The molecule has 110 valence electrons. The maximum Gasteiger partial charge on any atom is 0.243 e. The summed E-state index contributed by atoms with van der Waals surface area (Å²) in [5, 5.41) is 3.30. The first-order chi connectivity index (χ1) is 9.64. The van der Waals surface area contributed by atoms with E-state index in [1.54, 1.807) is 12.1 Å². The van der Waals surface area contributed by atoms with Gasteiger partial charge < -0.3 is 5.32 Å². The van der Waals surface area contributed by atoms with Crippen molar-refractivity contribution < 1.29 is 8.42 Å². The highest BCUT2D eigenvalue weighted by molar-refractivity contribution is 7.89. The zero-order valence-electron chi connectivity index (χ0n) is 11.9. The molecule has 4 nitrogen and oxygen atoms in total. The van der Waals surface area contributed by atoms with Crippen LogP contribution < -0.4 is 5.32 Å². The van der Waals surface area contributed by atoms with Crippen LogP contribution in [-0.4, -0.2) is 32.4 Å². The summed E-state index contributed by atoms with van der Waals surface area (Å²) >= 11 is 0. The average Bonchev–Trinajstić information content (AvgIpc) is 2.49. The molecule has 0 aromatic heterocycles. The zero-order valence-corrected chi connectivity index (χ0v) is 12.7. The van der Waals surface area contributed by atoms with Gasteiger partial charge in [-0.05, 0) is 37.1 Å². The second kappa shape index (κ2) is 7.02. The minimum Gasteiger partial charge on any atom is -0.313 e. The van der Waals surface area contributed by atoms with E-state index < -0.39 is 10.0 Å². The summed E-state index contributed by atoms with van der Waals surface area (Å²) in [6, 6.07) is 7.18. The molecule has 2 rings (SSSR count). The van der Waals surface area contributed by atoms with E-state index in [2.05, 4.69) is 12.2 Å². The van der Waals surface area contributed by atoms with E-state index in [0.717, 1.165) is 31.5 Å². The normalized spacial score (nSPS) is 16.4. The van der Waals surface area contributed by atoms with Crippen molar-refractivity contribution in [2.24, 2.45) is 0 Å². The van der Waals surface area contributed by atoms with Gasteiger partial charge in [-0.1, -0.05) is 31.2 Å². The Balaban J connectivity index is 2.06. The second-order valence-corrected chi connectivity index (χ2v) is 6.88. The Morgan fingerprint density at radius 2 is 1.95 bits per heavy atom. The van der Waals surface area contributed by atoms with Crippen LogP contribution in [0.5, 0.6) is 0 Å². The van der Waals surface area contributed by atoms with E-state index in [1.165, 1.54) is 4.31 Å². The smallest absolute Gasteiger partial charge is 0.243 e. The highest BCUT2D eigenvalue weighted by Gasteiger charge is 2.23. The number of sulfonamides is 1. The van der Waals surface area contributed by atoms with Gasteiger partial charge in [0.15, 0.2) is 0 Å². The van der Waals surface area contributed by atoms with Crippen LogP contribution in [0.4, 0.5) is 0 Å². The Kier molecular flexibility index (Phi) is 5.34. The lowest BCUT2D eigenvalue weighted by Gasteiger charge is -2.22. The summed E-state index contributed by atoms with van der Waals surface area (Å²) in [4.78, 5) is 0.382. The largest absolute Gasteiger partial charge is 0.313 e. The van der Waals surface area contributed by atoms with E-state index in [9.17, 15) is 8.42 Å². The number of nitrogens with one attached hydrogen (secondary N) is 1. The molecule has 1 aromatic carbocycles. The SMILES string of the molecule is CCCNCc1ccc(S(=O)(=O)N2CC=CCC2)cc1. The molecule has 5 heteroatoms. The van der Waals surface area contributed by atoms with Gasteiger partial charge >= 0.3 is 0 Å². The van der Waals surface area contributed by atoms with Gasteiger partial charge in [-0.2, -0.15) is 4.31 Å². The topological polar surface area (TPSA) is 49.4 Å². The molecule has 1 aromatic rings. The fraction of sp³-hybridized carbons (Fsp3) is 0.467. The van der Waals surface area contributed by atoms with Gasteiger partial charge in [0.2, 0.25) is 10.0 Å². The third kappa shape index (κ3) is 3.69.